The zero-order chi connectivity index (χ0) is 13.3. The van der Waals surface area contributed by atoms with Crippen molar-refractivity contribution in [2.24, 2.45) is 0 Å². The van der Waals surface area contributed by atoms with E-state index in [1.807, 2.05) is 6.92 Å². The fourth-order valence-corrected chi connectivity index (χ4v) is 2.96. The normalized spacial score (nSPS) is 10.8. The van der Waals surface area contributed by atoms with Crippen LogP contribution < -0.4 is 5.73 Å². The van der Waals surface area contributed by atoms with E-state index in [9.17, 15) is 9.18 Å². The Morgan fingerprint density at radius 3 is 2.89 bits per heavy atom. The Hall–Kier alpha value is -1.62. The maximum atomic E-state index is 13.2. The summed E-state index contributed by atoms with van der Waals surface area (Å²) in [7, 11) is 1.75. The molecule has 1 amide bonds. The number of anilines is 1. The van der Waals surface area contributed by atoms with E-state index in [1.54, 1.807) is 18.0 Å². The molecule has 1 aromatic heterocycles. The van der Waals surface area contributed by atoms with Crippen molar-refractivity contribution in [3.8, 4) is 0 Å². The molecule has 3 nitrogen and oxygen atoms in total. The maximum absolute atomic E-state index is 13.2. The van der Waals surface area contributed by atoms with Crippen LogP contribution in [0.3, 0.4) is 0 Å². The number of benzene rings is 1. The second-order valence-electron chi connectivity index (χ2n) is 4.21. The standard InChI is InChI=1S/C13H15FN2OS/c1-3-6-16(2)13(17)12-11(15)9-7-8(14)4-5-10(9)18-12/h4-5,7H,3,6,15H2,1-2H3. The van der Waals surface area contributed by atoms with Gasteiger partial charge in [0.05, 0.1) is 5.69 Å². The Kier molecular flexibility index (Phi) is 3.52. The fourth-order valence-electron chi connectivity index (χ4n) is 1.86. The number of nitrogens with two attached hydrogens (primary N) is 1. The van der Waals surface area contributed by atoms with Crippen LogP contribution in [0.4, 0.5) is 10.1 Å². The number of amides is 1. The molecule has 0 atom stereocenters. The number of halogens is 1. The van der Waals surface area contributed by atoms with Crippen LogP contribution in [0.2, 0.25) is 0 Å². The van der Waals surface area contributed by atoms with E-state index in [0.29, 0.717) is 22.5 Å². The monoisotopic (exact) mass is 266 g/mol. The van der Waals surface area contributed by atoms with Crippen molar-refractivity contribution in [2.75, 3.05) is 19.3 Å². The van der Waals surface area contributed by atoms with Crippen molar-refractivity contribution in [3.63, 3.8) is 0 Å². The van der Waals surface area contributed by atoms with Gasteiger partial charge >= 0.3 is 0 Å². The molecular formula is C13H15FN2OS. The summed E-state index contributed by atoms with van der Waals surface area (Å²) in [5.41, 5.74) is 6.32. The molecule has 0 spiro atoms. The zero-order valence-electron chi connectivity index (χ0n) is 10.4. The van der Waals surface area contributed by atoms with Crippen molar-refractivity contribution >= 4 is 33.0 Å². The van der Waals surface area contributed by atoms with Crippen molar-refractivity contribution in [1.82, 2.24) is 4.90 Å². The second kappa shape index (κ2) is 4.94. The quantitative estimate of drug-likeness (QED) is 0.927. The molecule has 18 heavy (non-hydrogen) atoms. The lowest BCUT2D eigenvalue weighted by Gasteiger charge is -2.15. The summed E-state index contributed by atoms with van der Waals surface area (Å²) in [6.45, 7) is 2.69. The molecule has 2 N–H and O–H groups in total. The third kappa shape index (κ3) is 2.18. The SMILES string of the molecule is CCCN(C)C(=O)c1sc2ccc(F)cc2c1N. The summed E-state index contributed by atoms with van der Waals surface area (Å²) in [5.74, 6) is -0.441. The highest BCUT2D eigenvalue weighted by Gasteiger charge is 2.19. The number of thiophene rings is 1. The van der Waals surface area contributed by atoms with E-state index in [0.717, 1.165) is 11.1 Å². The van der Waals surface area contributed by atoms with E-state index < -0.39 is 0 Å². The minimum absolute atomic E-state index is 0.101. The smallest absolute Gasteiger partial charge is 0.265 e. The number of nitrogens with zero attached hydrogens (tertiary/aromatic N) is 1. The summed E-state index contributed by atoms with van der Waals surface area (Å²) in [6, 6.07) is 4.41. The lowest BCUT2D eigenvalue weighted by Crippen LogP contribution is -2.27. The first-order valence-electron chi connectivity index (χ1n) is 5.77. The van der Waals surface area contributed by atoms with Crippen molar-refractivity contribution in [1.29, 1.82) is 0 Å². The Morgan fingerprint density at radius 1 is 1.50 bits per heavy atom. The molecule has 0 fully saturated rings. The van der Waals surface area contributed by atoms with Gasteiger partial charge in [-0.05, 0) is 24.6 Å². The van der Waals surface area contributed by atoms with Gasteiger partial charge in [-0.3, -0.25) is 4.79 Å². The molecule has 0 saturated carbocycles. The van der Waals surface area contributed by atoms with E-state index in [-0.39, 0.29) is 11.7 Å². The average Bonchev–Trinajstić information content (AvgIpc) is 2.66. The third-order valence-corrected chi connectivity index (χ3v) is 3.96. The van der Waals surface area contributed by atoms with Crippen molar-refractivity contribution in [2.45, 2.75) is 13.3 Å². The molecule has 1 heterocycles. The average molecular weight is 266 g/mol. The molecule has 2 rings (SSSR count). The lowest BCUT2D eigenvalue weighted by molar-refractivity contribution is 0.0801. The van der Waals surface area contributed by atoms with Crippen LogP contribution in [0.1, 0.15) is 23.0 Å². The molecule has 0 aliphatic rings. The summed E-state index contributed by atoms with van der Waals surface area (Å²) in [5, 5.41) is 0.619. The van der Waals surface area contributed by atoms with Crippen LogP contribution in [0.25, 0.3) is 10.1 Å². The minimum atomic E-state index is -0.340. The van der Waals surface area contributed by atoms with Gasteiger partial charge in [0.15, 0.2) is 0 Å². The first-order chi connectivity index (χ1) is 8.54. The number of hydrogen-bond acceptors (Lipinski definition) is 3. The first-order valence-corrected chi connectivity index (χ1v) is 6.59. The summed E-state index contributed by atoms with van der Waals surface area (Å²) < 4.78 is 14.0. The summed E-state index contributed by atoms with van der Waals surface area (Å²) in [4.78, 5) is 14.3. The van der Waals surface area contributed by atoms with Crippen LogP contribution in [0.5, 0.6) is 0 Å². The van der Waals surface area contributed by atoms with Crippen LogP contribution in [0, 0.1) is 5.82 Å². The highest BCUT2D eigenvalue weighted by molar-refractivity contribution is 7.21. The number of hydrogen-bond donors (Lipinski definition) is 1. The van der Waals surface area contributed by atoms with Crippen LogP contribution in [-0.4, -0.2) is 24.4 Å². The number of carbonyl (C=O) groups excluding carboxylic acids is 1. The van der Waals surface area contributed by atoms with E-state index in [1.165, 1.54) is 23.5 Å². The molecule has 0 unspecified atom stereocenters. The number of fused-ring (bicyclic) bond motifs is 1. The van der Waals surface area contributed by atoms with Gasteiger partial charge in [0, 0.05) is 23.7 Å². The highest BCUT2D eigenvalue weighted by atomic mass is 32.1. The van der Waals surface area contributed by atoms with E-state index in [2.05, 4.69) is 0 Å². The van der Waals surface area contributed by atoms with Crippen molar-refractivity contribution in [3.05, 3.63) is 28.9 Å². The molecule has 0 bridgehead atoms. The highest BCUT2D eigenvalue weighted by Crippen LogP contribution is 2.34. The van der Waals surface area contributed by atoms with Gasteiger partial charge in [-0.2, -0.15) is 0 Å². The van der Waals surface area contributed by atoms with Crippen molar-refractivity contribution < 1.29 is 9.18 Å². The largest absolute Gasteiger partial charge is 0.397 e. The molecule has 2 aromatic rings. The van der Waals surface area contributed by atoms with Gasteiger partial charge in [0.2, 0.25) is 0 Å². The predicted octanol–water partition coefficient (Wildman–Crippen LogP) is 3.10. The van der Waals surface area contributed by atoms with Gasteiger partial charge in [-0.1, -0.05) is 6.92 Å². The molecule has 0 aliphatic heterocycles. The Labute approximate surface area is 109 Å². The third-order valence-electron chi connectivity index (χ3n) is 2.79. The van der Waals surface area contributed by atoms with E-state index in [4.69, 9.17) is 5.73 Å². The van der Waals surface area contributed by atoms with Gasteiger partial charge in [0.1, 0.15) is 10.7 Å². The van der Waals surface area contributed by atoms with Gasteiger partial charge in [-0.25, -0.2) is 4.39 Å². The van der Waals surface area contributed by atoms with Crippen LogP contribution in [-0.2, 0) is 0 Å². The maximum Gasteiger partial charge on any atom is 0.265 e. The number of carbonyl (C=O) groups is 1. The topological polar surface area (TPSA) is 46.3 Å². The first kappa shape index (κ1) is 12.8. The molecule has 1 aromatic carbocycles. The van der Waals surface area contributed by atoms with Crippen LogP contribution in [0.15, 0.2) is 18.2 Å². The summed E-state index contributed by atoms with van der Waals surface area (Å²) >= 11 is 1.31. The second-order valence-corrected chi connectivity index (χ2v) is 5.26. The van der Waals surface area contributed by atoms with E-state index >= 15 is 0 Å². The van der Waals surface area contributed by atoms with Crippen LogP contribution >= 0.6 is 11.3 Å². The Bertz CT molecular complexity index is 594. The number of rotatable bonds is 3. The van der Waals surface area contributed by atoms with Gasteiger partial charge < -0.3 is 10.6 Å². The predicted molar refractivity (Wildman–Crippen MR) is 73.4 cm³/mol. The van der Waals surface area contributed by atoms with Gasteiger partial charge in [0.25, 0.3) is 5.91 Å². The molecule has 0 radical (unpaired) electrons. The molecule has 0 aliphatic carbocycles. The Balaban J connectivity index is 2.46. The molecule has 5 heteroatoms. The molecular weight excluding hydrogens is 251 g/mol. The molecule has 96 valence electrons. The Morgan fingerprint density at radius 2 is 2.22 bits per heavy atom. The number of nitrogen functional groups attached to an aromatic ring is 1. The minimum Gasteiger partial charge on any atom is -0.397 e. The summed E-state index contributed by atoms with van der Waals surface area (Å²) in [6.07, 6.45) is 0.891. The lowest BCUT2D eigenvalue weighted by atomic mass is 10.2. The zero-order valence-corrected chi connectivity index (χ0v) is 11.2. The van der Waals surface area contributed by atoms with Gasteiger partial charge in [-0.15, -0.1) is 11.3 Å². The fraction of sp³-hybridized carbons (Fsp3) is 0.308. The molecule has 0 saturated heterocycles.